The van der Waals surface area contributed by atoms with Crippen LogP contribution in [-0.2, 0) is 0 Å². The number of aliphatic imine (C=N–C) groups is 1. The molecule has 4 nitrogen and oxygen atoms in total. The van der Waals surface area contributed by atoms with Gasteiger partial charge in [-0.1, -0.05) is 13.8 Å². The largest absolute Gasteiger partial charge is 0.401 e. The molecule has 0 bridgehead atoms. The van der Waals surface area contributed by atoms with Crippen LogP contribution in [0.1, 0.15) is 52.9 Å². The summed E-state index contributed by atoms with van der Waals surface area (Å²) in [4.78, 5) is 5.77. The maximum atomic E-state index is 12.4. The van der Waals surface area contributed by atoms with Crippen molar-refractivity contribution in [2.45, 2.75) is 65.1 Å². The van der Waals surface area contributed by atoms with Crippen LogP contribution in [0.15, 0.2) is 4.99 Å². The molecule has 1 aliphatic rings. The number of guanidine groups is 1. The molecule has 1 saturated heterocycles. The first-order valence-electron chi connectivity index (χ1n) is 9.46. The van der Waals surface area contributed by atoms with Gasteiger partial charge in [-0.25, -0.2) is 0 Å². The summed E-state index contributed by atoms with van der Waals surface area (Å²) in [5, 5.41) is 6.73. The van der Waals surface area contributed by atoms with Gasteiger partial charge in [0.2, 0.25) is 0 Å². The zero-order chi connectivity index (χ0) is 18.9. The Bertz CT molecular complexity index is 394. The summed E-state index contributed by atoms with van der Waals surface area (Å²) in [6.07, 6.45) is 0.862. The predicted octanol–water partition coefficient (Wildman–Crippen LogP) is 4.26. The Morgan fingerprint density at radius 3 is 2.27 bits per heavy atom. The number of likely N-dealkylation sites (tertiary alicyclic amines) is 1. The lowest BCUT2D eigenvalue weighted by Crippen LogP contribution is -2.43. The minimum absolute atomic E-state index is 0. The summed E-state index contributed by atoms with van der Waals surface area (Å²) in [7, 11) is 1.76. The molecule has 0 aromatic rings. The number of alkyl halides is 3. The van der Waals surface area contributed by atoms with Crippen LogP contribution < -0.4 is 10.6 Å². The molecule has 0 radical (unpaired) electrons. The van der Waals surface area contributed by atoms with E-state index in [-0.39, 0.29) is 24.0 Å². The van der Waals surface area contributed by atoms with Crippen molar-refractivity contribution in [2.24, 2.45) is 16.8 Å². The summed E-state index contributed by atoms with van der Waals surface area (Å²) < 4.78 is 37.2. The first kappa shape index (κ1) is 25.8. The zero-order valence-corrected chi connectivity index (χ0v) is 18.9. The Labute approximate surface area is 173 Å². The van der Waals surface area contributed by atoms with Gasteiger partial charge in [-0.05, 0) is 64.0 Å². The molecule has 0 amide bonds. The number of nitrogens with one attached hydrogen (secondary N) is 2. The average molecular weight is 492 g/mol. The van der Waals surface area contributed by atoms with Crippen LogP contribution in [0.25, 0.3) is 0 Å². The van der Waals surface area contributed by atoms with Crippen molar-refractivity contribution in [3.05, 3.63) is 0 Å². The van der Waals surface area contributed by atoms with Crippen molar-refractivity contribution in [2.75, 3.05) is 33.2 Å². The Hall–Kier alpha value is -0.250. The van der Waals surface area contributed by atoms with Crippen LogP contribution in [0.3, 0.4) is 0 Å². The van der Waals surface area contributed by atoms with Gasteiger partial charge in [0, 0.05) is 19.6 Å². The molecule has 26 heavy (non-hydrogen) atoms. The van der Waals surface area contributed by atoms with Crippen LogP contribution >= 0.6 is 24.0 Å². The molecule has 0 spiro atoms. The molecule has 8 heteroatoms. The first-order valence-corrected chi connectivity index (χ1v) is 9.46. The number of halogens is 4. The molecule has 1 heterocycles. The number of piperidine rings is 1. The van der Waals surface area contributed by atoms with E-state index in [1.165, 1.54) is 11.3 Å². The van der Waals surface area contributed by atoms with Gasteiger partial charge in [0.1, 0.15) is 0 Å². The molecule has 1 fully saturated rings. The topological polar surface area (TPSA) is 39.7 Å². The van der Waals surface area contributed by atoms with E-state index in [4.69, 9.17) is 0 Å². The van der Waals surface area contributed by atoms with Crippen molar-refractivity contribution in [1.82, 2.24) is 15.5 Å². The third kappa shape index (κ3) is 12.2. The van der Waals surface area contributed by atoms with Gasteiger partial charge in [-0.3, -0.25) is 9.89 Å². The lowest BCUT2D eigenvalue weighted by atomic mass is 9.93. The Morgan fingerprint density at radius 2 is 1.77 bits per heavy atom. The summed E-state index contributed by atoms with van der Waals surface area (Å²) in [6, 6.07) is 0.374. The van der Waals surface area contributed by atoms with Gasteiger partial charge in [0.25, 0.3) is 0 Å². The van der Waals surface area contributed by atoms with Gasteiger partial charge in [-0.15, -0.1) is 24.0 Å². The van der Waals surface area contributed by atoms with E-state index in [0.717, 1.165) is 38.2 Å². The van der Waals surface area contributed by atoms with Gasteiger partial charge in [0.05, 0.1) is 6.54 Å². The van der Waals surface area contributed by atoms with Crippen LogP contribution in [0, 0.1) is 11.8 Å². The van der Waals surface area contributed by atoms with E-state index >= 15 is 0 Å². The van der Waals surface area contributed by atoms with Gasteiger partial charge < -0.3 is 10.6 Å². The summed E-state index contributed by atoms with van der Waals surface area (Å²) in [5.74, 6) is 2.00. The summed E-state index contributed by atoms with van der Waals surface area (Å²) in [5.41, 5.74) is 0. The highest BCUT2D eigenvalue weighted by Crippen LogP contribution is 2.23. The molecule has 1 aliphatic heterocycles. The molecule has 1 rings (SSSR count). The molecular formula is C18H36F3IN4. The van der Waals surface area contributed by atoms with Gasteiger partial charge in [0.15, 0.2) is 5.96 Å². The van der Waals surface area contributed by atoms with Crippen molar-refractivity contribution in [3.63, 3.8) is 0 Å². The standard InChI is InChI=1S/C18H35F3N4.HI/c1-14(2)5-6-15(3)24-17(22-4)23-10-7-16-8-11-25(12-9-16)13-18(19,20)21;/h14-16H,5-13H2,1-4H3,(H2,22,23,24);1H. The number of rotatable bonds is 8. The Morgan fingerprint density at radius 1 is 1.15 bits per heavy atom. The minimum Gasteiger partial charge on any atom is -0.356 e. The minimum atomic E-state index is -4.08. The molecule has 0 aromatic carbocycles. The third-order valence-corrected chi connectivity index (χ3v) is 4.74. The van der Waals surface area contributed by atoms with Crippen LogP contribution in [-0.4, -0.2) is 56.3 Å². The maximum Gasteiger partial charge on any atom is 0.401 e. The van der Waals surface area contributed by atoms with Crippen molar-refractivity contribution in [3.8, 4) is 0 Å². The monoisotopic (exact) mass is 492 g/mol. The second-order valence-corrected chi connectivity index (χ2v) is 7.64. The van der Waals surface area contributed by atoms with E-state index in [1.807, 2.05) is 0 Å². The molecule has 1 atom stereocenters. The smallest absolute Gasteiger partial charge is 0.356 e. The molecular weight excluding hydrogens is 456 g/mol. The fourth-order valence-corrected chi connectivity index (χ4v) is 3.17. The summed E-state index contributed by atoms with van der Waals surface area (Å²) >= 11 is 0. The van der Waals surface area contributed by atoms with Crippen molar-refractivity contribution >= 4 is 29.9 Å². The highest BCUT2D eigenvalue weighted by atomic mass is 127. The first-order chi connectivity index (χ1) is 11.7. The number of hydrogen-bond acceptors (Lipinski definition) is 2. The SMILES string of the molecule is CN=C(NCCC1CCN(CC(F)(F)F)CC1)NC(C)CCC(C)C.I. The molecule has 2 N–H and O–H groups in total. The molecule has 0 saturated carbocycles. The molecule has 156 valence electrons. The van der Waals surface area contributed by atoms with Gasteiger partial charge >= 0.3 is 6.18 Å². The van der Waals surface area contributed by atoms with E-state index in [9.17, 15) is 13.2 Å². The quantitative estimate of drug-likeness (QED) is 0.302. The van der Waals surface area contributed by atoms with Crippen molar-refractivity contribution in [1.29, 1.82) is 0 Å². The van der Waals surface area contributed by atoms with Crippen molar-refractivity contribution < 1.29 is 13.2 Å². The highest BCUT2D eigenvalue weighted by Gasteiger charge is 2.32. The lowest BCUT2D eigenvalue weighted by Gasteiger charge is -2.32. The fourth-order valence-electron chi connectivity index (χ4n) is 3.17. The van der Waals surface area contributed by atoms with E-state index in [0.29, 0.717) is 31.0 Å². The lowest BCUT2D eigenvalue weighted by molar-refractivity contribution is -0.148. The second kappa shape index (κ2) is 13.0. The Balaban J connectivity index is 0.00000625. The van der Waals surface area contributed by atoms with Crippen LogP contribution in [0.4, 0.5) is 13.2 Å². The Kier molecular flexibility index (Phi) is 12.9. The maximum absolute atomic E-state index is 12.4. The highest BCUT2D eigenvalue weighted by molar-refractivity contribution is 14.0. The number of hydrogen-bond donors (Lipinski definition) is 2. The molecule has 1 unspecified atom stereocenters. The third-order valence-electron chi connectivity index (χ3n) is 4.74. The normalized spacial score (nSPS) is 18.5. The molecule has 0 aromatic heterocycles. The number of nitrogens with zero attached hydrogens (tertiary/aromatic N) is 2. The van der Waals surface area contributed by atoms with Gasteiger partial charge in [-0.2, -0.15) is 13.2 Å². The predicted molar refractivity (Wildman–Crippen MR) is 113 cm³/mol. The second-order valence-electron chi connectivity index (χ2n) is 7.64. The van der Waals surface area contributed by atoms with E-state index in [1.54, 1.807) is 7.05 Å². The zero-order valence-electron chi connectivity index (χ0n) is 16.5. The van der Waals surface area contributed by atoms with E-state index in [2.05, 4.69) is 36.4 Å². The fraction of sp³-hybridized carbons (Fsp3) is 0.944. The van der Waals surface area contributed by atoms with Crippen LogP contribution in [0.2, 0.25) is 0 Å². The average Bonchev–Trinajstić information content (AvgIpc) is 2.52. The van der Waals surface area contributed by atoms with E-state index < -0.39 is 12.7 Å². The van der Waals surface area contributed by atoms with Crippen LogP contribution in [0.5, 0.6) is 0 Å². The molecule has 0 aliphatic carbocycles. The summed E-state index contributed by atoms with van der Waals surface area (Å²) in [6.45, 7) is 7.72.